The molecule has 0 aliphatic carbocycles. The van der Waals surface area contributed by atoms with Crippen molar-refractivity contribution in [3.8, 4) is 11.5 Å². The van der Waals surface area contributed by atoms with Gasteiger partial charge in [0.1, 0.15) is 36.9 Å². The Kier molecular flexibility index (Phi) is 83.1. The van der Waals surface area contributed by atoms with Crippen LogP contribution in [0.25, 0.3) is 0 Å². The minimum atomic E-state index is -4.42. The maximum atomic E-state index is 11.0. The van der Waals surface area contributed by atoms with Crippen molar-refractivity contribution in [3.05, 3.63) is 132 Å². The van der Waals surface area contributed by atoms with E-state index in [1.807, 2.05) is 52.0 Å². The van der Waals surface area contributed by atoms with Gasteiger partial charge in [0, 0.05) is 126 Å². The second-order valence-electron chi connectivity index (χ2n) is 27.0. The van der Waals surface area contributed by atoms with Crippen molar-refractivity contribution in [1.82, 2.24) is 24.5 Å². The van der Waals surface area contributed by atoms with Crippen LogP contribution in [0.1, 0.15) is 89.6 Å². The smallest absolute Gasteiger partial charge is 0.748 e. The molecule has 4 rings (SSSR count). The molecule has 0 aliphatic rings. The van der Waals surface area contributed by atoms with Gasteiger partial charge in [0.15, 0.2) is 0 Å². The molecule has 0 aromatic heterocycles. The van der Waals surface area contributed by atoms with Crippen LogP contribution in [0.2, 0.25) is 0 Å². The number of hydrogen-bond donors (Lipinski definition) is 10. The first-order chi connectivity index (χ1) is 54.0. The molecule has 0 fully saturated rings. The van der Waals surface area contributed by atoms with Crippen molar-refractivity contribution in [1.29, 1.82) is 0 Å². The van der Waals surface area contributed by atoms with E-state index >= 15 is 0 Å². The number of hydrogen-bond acceptors (Lipinski definition) is 36. The first-order valence-corrected chi connectivity index (χ1v) is 45.6. The zero-order valence-electron chi connectivity index (χ0n) is 71.7. The predicted octanol–water partition coefficient (Wildman–Crippen LogP) is -15.6. The van der Waals surface area contributed by atoms with Crippen molar-refractivity contribution < 1.29 is 282 Å². The average molecular weight is 1830 g/mol. The second-order valence-corrected chi connectivity index (χ2v) is 34.6. The van der Waals surface area contributed by atoms with Crippen LogP contribution in [0, 0.1) is 0 Å². The fourth-order valence-corrected chi connectivity index (χ4v) is 12.6. The third-order valence-corrected chi connectivity index (χ3v) is 19.6. The fourth-order valence-electron chi connectivity index (χ4n) is 10.2. The van der Waals surface area contributed by atoms with Gasteiger partial charge in [-0.2, -0.15) is 0 Å². The van der Waals surface area contributed by atoms with Crippen LogP contribution >= 0.6 is 0 Å². The molecule has 0 amide bonds. The number of aliphatic hydroxyl groups is 10. The van der Waals surface area contributed by atoms with Crippen LogP contribution in [0.3, 0.4) is 0 Å². The molecular weight excluding hydrogens is 1700 g/mol. The number of aliphatic hydroxyl groups excluding tert-OH is 10. The van der Waals surface area contributed by atoms with Crippen molar-refractivity contribution in [3.63, 3.8) is 0 Å². The number of ether oxygens (including phenoxy) is 6. The maximum Gasteiger partial charge on any atom is 1.00 e. The van der Waals surface area contributed by atoms with E-state index in [-0.39, 0.29) is 275 Å². The summed E-state index contributed by atoms with van der Waals surface area (Å²) in [6.45, 7) is 10.2. The Bertz CT molecular complexity index is 3500. The first kappa shape index (κ1) is 130. The topological polar surface area (TPSA) is 560 Å². The van der Waals surface area contributed by atoms with Crippen LogP contribution in [0.15, 0.2) is 121 Å². The molecule has 0 bridgehead atoms. The third kappa shape index (κ3) is 79.8. The fraction of sp³-hybridized carbons (Fsp3) is 0.676. The molecule has 0 saturated heterocycles. The summed E-state index contributed by atoms with van der Waals surface area (Å²) >= 11 is 0. The molecule has 0 spiro atoms. The molecule has 120 heavy (non-hydrogen) atoms. The van der Waals surface area contributed by atoms with Gasteiger partial charge in [0.2, 0.25) is 0 Å². The van der Waals surface area contributed by atoms with Gasteiger partial charge in [-0.3, -0.25) is 24.5 Å². The number of unbranched alkanes of at least 4 members (excludes halogenated alkanes) is 2. The van der Waals surface area contributed by atoms with E-state index in [0.29, 0.717) is 48.7 Å². The molecule has 0 saturated carbocycles. The Morgan fingerprint density at radius 2 is 0.525 bits per heavy atom. The van der Waals surface area contributed by atoms with Crippen LogP contribution in [-0.4, -0.2) is 383 Å². The SMILES string of the molecule is CCC(O)CN(CCS(=O)(=O)[O-])CC(O)CC.CCCCOCC(O)CN(CCS(=O)(=O)[O-])CC(O)COCCCC.COCC(O)CN(CCS(=O)(=O)[O-])CC(O)COC.O=S(=O)([O-])CCN(CC(O)COc1ccccc1)CC(O)COc1ccccc1.O=S(=O)([O-])CCN(CC(O)c1ccccc1)CC(O)c1ccccc1.[K+].[Li+].[Li+].[Li+].[Na+]. The summed E-state index contributed by atoms with van der Waals surface area (Å²) in [5.74, 6) is -1.65. The Hall–Kier alpha value is -0.301. The van der Waals surface area contributed by atoms with Gasteiger partial charge in [0.25, 0.3) is 0 Å². The standard InChI is InChI=1S/C20H27NO7S.C18H23NO5S.C16H35NO7S.C10H23NO7S.C10H23NO5S.K.3Li.Na/c22-17(15-27-19-7-3-1-4-8-19)13-21(11-12-29(24,25)26)14-18(23)16-28-20-9-5-2-6-10-20;20-17(15-7-3-1-4-8-15)13-19(11-12-25(22,23)24)14-18(21)16-9-5-2-6-10-16;1-3-5-8-23-13-15(18)11-17(7-10-25(20,21)22)12-16(19)14-24-9-6-4-2;1-17-7-9(12)5-11(3-4-19(14,15)16)6-10(13)8-18-2;1-3-9(12)7-11(8-10(13)4-2)5-6-17(14,15)16;;;;;/h1-10,17-18,22-23H,11-16H2,(H,24,25,26);1-10,17-18,20-21H,11-14H2,(H,22,23,24);15-16,18-19H,3-14H2,1-2H3,(H,20,21,22);9-10,12-13H,3-8H2,1-2H3,(H,14,15,16);9-10,12-13H,3-8H2,1-2H3,(H,14,15,16);;;;;/q;;;;;5*+1/p-5. The summed E-state index contributed by atoms with van der Waals surface area (Å²) < 4.78 is 193. The molecule has 0 aliphatic heterocycles. The largest absolute Gasteiger partial charge is 1.00 e. The van der Waals surface area contributed by atoms with E-state index in [0.717, 1.165) is 25.7 Å². The summed E-state index contributed by atoms with van der Waals surface area (Å²) in [7, 11) is -18.9. The van der Waals surface area contributed by atoms with Gasteiger partial charge in [0.05, 0.1) is 155 Å². The summed E-state index contributed by atoms with van der Waals surface area (Å²) in [6.07, 6.45) is -3.13. The third-order valence-electron chi connectivity index (χ3n) is 16.2. The molecule has 46 heteroatoms. The summed E-state index contributed by atoms with van der Waals surface area (Å²) in [5, 5.41) is 99.3. The number of para-hydroxylation sites is 2. The van der Waals surface area contributed by atoms with Gasteiger partial charge in [-0.1, -0.05) is 138 Å². The molecule has 10 unspecified atom stereocenters. The number of rotatable bonds is 59. The maximum absolute atomic E-state index is 11.0. The van der Waals surface area contributed by atoms with Crippen molar-refractivity contribution in [2.75, 3.05) is 194 Å². The molecule has 0 heterocycles. The van der Waals surface area contributed by atoms with Gasteiger partial charge in [-0.05, 0) is 61.1 Å². The summed E-state index contributed by atoms with van der Waals surface area (Å²) in [6, 6.07) is 35.8. The zero-order chi connectivity index (χ0) is 86.9. The monoisotopic (exact) mass is 1820 g/mol. The van der Waals surface area contributed by atoms with Crippen LogP contribution in [-0.2, 0) is 69.5 Å². The molecule has 4 aromatic rings. The second kappa shape index (κ2) is 76.4. The zero-order valence-corrected chi connectivity index (χ0v) is 80.9. The van der Waals surface area contributed by atoms with Crippen molar-refractivity contribution >= 4 is 50.6 Å². The molecule has 10 atom stereocenters. The van der Waals surface area contributed by atoms with E-state index in [9.17, 15) is 116 Å². The summed E-state index contributed by atoms with van der Waals surface area (Å²) in [4.78, 5) is 7.75. The molecule has 668 valence electrons. The molecule has 36 nitrogen and oxygen atoms in total. The molecule has 0 radical (unpaired) electrons. The number of nitrogens with zero attached hydrogens (tertiary/aromatic N) is 5. The van der Waals surface area contributed by atoms with E-state index in [1.54, 1.807) is 112 Å². The first-order valence-electron chi connectivity index (χ1n) is 37.7. The predicted molar refractivity (Wildman–Crippen MR) is 426 cm³/mol. The Morgan fingerprint density at radius 1 is 0.317 bits per heavy atom. The quantitative estimate of drug-likeness (QED) is 0.0111. The van der Waals surface area contributed by atoms with E-state index in [4.69, 9.17) is 28.4 Å². The number of benzene rings is 4. The molecular formula is C74H126KLi3N5NaO31S5. The van der Waals surface area contributed by atoms with E-state index < -0.39 is 140 Å². The van der Waals surface area contributed by atoms with Gasteiger partial charge in [-0.15, -0.1) is 0 Å². The summed E-state index contributed by atoms with van der Waals surface area (Å²) in [5.41, 5.74) is 1.37. The van der Waals surface area contributed by atoms with Crippen LogP contribution in [0.4, 0.5) is 0 Å². The normalized spacial score (nSPS) is 14.2. The Morgan fingerprint density at radius 3 is 0.742 bits per heavy atom. The number of methoxy groups -OCH3 is 2. The minimum Gasteiger partial charge on any atom is -0.748 e. The van der Waals surface area contributed by atoms with Gasteiger partial charge in [-0.25, -0.2) is 42.1 Å². The van der Waals surface area contributed by atoms with E-state index in [2.05, 4.69) is 0 Å². The van der Waals surface area contributed by atoms with Gasteiger partial charge >= 0.3 is 138 Å². The Balaban J connectivity index is -0.000000339. The van der Waals surface area contributed by atoms with Crippen LogP contribution in [0.5, 0.6) is 11.5 Å². The Labute approximate surface area is 813 Å². The minimum absolute atomic E-state index is 0. The van der Waals surface area contributed by atoms with E-state index in [1.165, 1.54) is 24.0 Å². The van der Waals surface area contributed by atoms with Gasteiger partial charge < -0.3 is 102 Å². The van der Waals surface area contributed by atoms with Crippen LogP contribution < -0.4 is 147 Å². The molecule has 4 aromatic carbocycles. The van der Waals surface area contributed by atoms with Crippen molar-refractivity contribution in [2.24, 2.45) is 0 Å². The molecule has 10 N–H and O–H groups in total. The van der Waals surface area contributed by atoms with Crippen molar-refractivity contribution in [2.45, 2.75) is 127 Å². The average Bonchev–Trinajstić information content (AvgIpc) is 0.855.